The zero-order valence-electron chi connectivity index (χ0n) is 15.7. The van der Waals surface area contributed by atoms with Crippen molar-refractivity contribution in [3.63, 3.8) is 0 Å². The van der Waals surface area contributed by atoms with Crippen molar-refractivity contribution < 1.29 is 27.9 Å². The summed E-state index contributed by atoms with van der Waals surface area (Å²) in [5, 5.41) is 0. The molecule has 0 saturated carbocycles. The molecule has 1 atom stereocenters. The molecule has 0 aliphatic carbocycles. The van der Waals surface area contributed by atoms with Gasteiger partial charge in [0.1, 0.15) is 11.4 Å². The van der Waals surface area contributed by atoms with Crippen molar-refractivity contribution in [2.45, 2.75) is 45.7 Å². The Hall–Kier alpha value is -1.36. The lowest BCUT2D eigenvalue weighted by atomic mass is 10.0. The van der Waals surface area contributed by atoms with E-state index in [4.69, 9.17) is 18.5 Å². The predicted octanol–water partition coefficient (Wildman–Crippen LogP) is 4.25. The second kappa shape index (κ2) is 10.6. The molecule has 0 fully saturated rings. The molecule has 0 heterocycles. The van der Waals surface area contributed by atoms with E-state index in [-0.39, 0.29) is 25.4 Å². The van der Waals surface area contributed by atoms with Gasteiger partial charge in [0, 0.05) is 6.42 Å². The molecular formula is C18H29O6P. The first kappa shape index (κ1) is 21.7. The number of hydrogen-bond acceptors (Lipinski definition) is 6. The zero-order chi connectivity index (χ0) is 18.9. The average Bonchev–Trinajstić information content (AvgIpc) is 2.59. The second-order valence-corrected chi connectivity index (χ2v) is 7.72. The van der Waals surface area contributed by atoms with E-state index in [1.807, 2.05) is 13.0 Å². The Labute approximate surface area is 150 Å². The molecular weight excluding hydrogens is 343 g/mol. The monoisotopic (exact) mass is 372 g/mol. The van der Waals surface area contributed by atoms with Gasteiger partial charge in [0.05, 0.1) is 27.4 Å². The van der Waals surface area contributed by atoms with E-state index < -0.39 is 13.3 Å². The minimum absolute atomic E-state index is 0.109. The fourth-order valence-corrected chi connectivity index (χ4v) is 4.69. The lowest BCUT2D eigenvalue weighted by Gasteiger charge is -2.25. The van der Waals surface area contributed by atoms with Gasteiger partial charge in [0.2, 0.25) is 0 Å². The van der Waals surface area contributed by atoms with Crippen LogP contribution in [-0.4, -0.2) is 38.9 Å². The molecule has 0 bridgehead atoms. The van der Waals surface area contributed by atoms with Crippen LogP contribution in [0.15, 0.2) is 18.2 Å². The van der Waals surface area contributed by atoms with Gasteiger partial charge in [-0.25, -0.2) is 0 Å². The molecule has 0 amide bonds. The minimum Gasteiger partial charge on any atom is -0.493 e. The van der Waals surface area contributed by atoms with E-state index in [9.17, 15) is 9.36 Å². The van der Waals surface area contributed by atoms with Gasteiger partial charge >= 0.3 is 7.60 Å². The summed E-state index contributed by atoms with van der Waals surface area (Å²) < 4.78 is 34.6. The van der Waals surface area contributed by atoms with Crippen LogP contribution in [0.1, 0.15) is 39.2 Å². The number of ether oxygens (including phenoxy) is 2. The summed E-state index contributed by atoms with van der Waals surface area (Å²) in [5.74, 6) is 1.05. The van der Waals surface area contributed by atoms with Crippen molar-refractivity contribution >= 4 is 13.4 Å². The Morgan fingerprint density at radius 2 is 1.64 bits per heavy atom. The highest BCUT2D eigenvalue weighted by Crippen LogP contribution is 2.54. The standard InChI is InChI=1S/C18H29O6P/c1-6-9-15(19)18(25(20,23-7-2)24-8-3)13-14-10-11-16(21-4)17(12-14)22-5/h10-12,18H,6-9,13H2,1-5H3. The second-order valence-electron chi connectivity index (χ2n) is 5.50. The van der Waals surface area contributed by atoms with E-state index in [1.165, 1.54) is 0 Å². The van der Waals surface area contributed by atoms with E-state index >= 15 is 0 Å². The van der Waals surface area contributed by atoms with Crippen molar-refractivity contribution in [1.29, 1.82) is 0 Å². The van der Waals surface area contributed by atoms with E-state index in [1.54, 1.807) is 40.2 Å². The van der Waals surface area contributed by atoms with Gasteiger partial charge in [-0.2, -0.15) is 0 Å². The summed E-state index contributed by atoms with van der Waals surface area (Å²) in [6.07, 6.45) is 1.28. The van der Waals surface area contributed by atoms with Crippen LogP contribution in [0, 0.1) is 0 Å². The number of Topliss-reactive ketones (excluding diaryl/α,β-unsaturated/α-hetero) is 1. The first-order chi connectivity index (χ1) is 11.9. The third-order valence-electron chi connectivity index (χ3n) is 3.74. The maximum atomic E-state index is 13.2. The summed E-state index contributed by atoms with van der Waals surface area (Å²) in [6.45, 7) is 5.84. The minimum atomic E-state index is -3.54. The average molecular weight is 372 g/mol. The van der Waals surface area contributed by atoms with Gasteiger partial charge < -0.3 is 18.5 Å². The largest absolute Gasteiger partial charge is 0.493 e. The smallest absolute Gasteiger partial charge is 0.341 e. The normalized spacial score (nSPS) is 12.7. The van der Waals surface area contributed by atoms with E-state index in [0.717, 1.165) is 5.56 Å². The summed E-state index contributed by atoms with van der Waals surface area (Å²) >= 11 is 0. The van der Waals surface area contributed by atoms with E-state index in [0.29, 0.717) is 24.3 Å². The molecule has 0 aliphatic heterocycles. The number of ketones is 1. The fraction of sp³-hybridized carbons (Fsp3) is 0.611. The molecule has 0 N–H and O–H groups in total. The molecule has 0 spiro atoms. The summed E-state index contributed by atoms with van der Waals surface area (Å²) in [7, 11) is -0.437. The van der Waals surface area contributed by atoms with Crippen LogP contribution in [0.25, 0.3) is 0 Å². The molecule has 1 aromatic carbocycles. The molecule has 0 aliphatic rings. The van der Waals surface area contributed by atoms with Crippen molar-refractivity contribution in [2.75, 3.05) is 27.4 Å². The molecule has 1 rings (SSSR count). The molecule has 0 aromatic heterocycles. The quantitative estimate of drug-likeness (QED) is 0.511. The third kappa shape index (κ3) is 5.84. The van der Waals surface area contributed by atoms with Crippen LogP contribution in [-0.2, 0) is 24.8 Å². The topological polar surface area (TPSA) is 71.1 Å². The first-order valence-electron chi connectivity index (χ1n) is 8.58. The lowest BCUT2D eigenvalue weighted by molar-refractivity contribution is -0.119. The Morgan fingerprint density at radius 1 is 1.04 bits per heavy atom. The van der Waals surface area contributed by atoms with Crippen molar-refractivity contribution in [2.24, 2.45) is 0 Å². The number of carbonyl (C=O) groups excluding carboxylic acids is 1. The van der Waals surface area contributed by atoms with E-state index in [2.05, 4.69) is 0 Å². The van der Waals surface area contributed by atoms with Gasteiger partial charge in [0.25, 0.3) is 0 Å². The molecule has 25 heavy (non-hydrogen) atoms. The molecule has 6 nitrogen and oxygen atoms in total. The molecule has 7 heteroatoms. The van der Waals surface area contributed by atoms with Crippen LogP contribution in [0.2, 0.25) is 0 Å². The SMILES string of the molecule is CCCC(=O)C(Cc1ccc(OC)c(OC)c1)P(=O)(OCC)OCC. The Balaban J connectivity index is 3.20. The zero-order valence-corrected chi connectivity index (χ0v) is 16.6. The highest BCUT2D eigenvalue weighted by atomic mass is 31.2. The molecule has 0 radical (unpaired) electrons. The van der Waals surface area contributed by atoms with Crippen LogP contribution in [0.4, 0.5) is 0 Å². The Kier molecular flexibility index (Phi) is 9.19. The molecule has 1 aromatic rings. The summed E-state index contributed by atoms with van der Waals surface area (Å²) in [5.41, 5.74) is -0.0165. The van der Waals surface area contributed by atoms with Crippen LogP contribution >= 0.6 is 7.60 Å². The van der Waals surface area contributed by atoms with Gasteiger partial charge in [0.15, 0.2) is 11.5 Å². The number of rotatable bonds is 12. The predicted molar refractivity (Wildman–Crippen MR) is 97.8 cm³/mol. The van der Waals surface area contributed by atoms with Crippen molar-refractivity contribution in [1.82, 2.24) is 0 Å². The van der Waals surface area contributed by atoms with Crippen LogP contribution in [0.3, 0.4) is 0 Å². The molecule has 0 saturated heterocycles. The Morgan fingerprint density at radius 3 is 2.12 bits per heavy atom. The highest BCUT2D eigenvalue weighted by molar-refractivity contribution is 7.55. The highest BCUT2D eigenvalue weighted by Gasteiger charge is 2.40. The summed E-state index contributed by atoms with van der Waals surface area (Å²) in [6, 6.07) is 5.38. The first-order valence-corrected chi connectivity index (χ1v) is 10.2. The van der Waals surface area contributed by atoms with Gasteiger partial charge in [-0.1, -0.05) is 13.0 Å². The summed E-state index contributed by atoms with van der Waals surface area (Å²) in [4.78, 5) is 12.6. The molecule has 142 valence electrons. The van der Waals surface area contributed by atoms with Gasteiger partial charge in [-0.3, -0.25) is 9.36 Å². The van der Waals surface area contributed by atoms with Crippen LogP contribution in [0.5, 0.6) is 11.5 Å². The van der Waals surface area contributed by atoms with Gasteiger partial charge in [-0.15, -0.1) is 0 Å². The lowest BCUT2D eigenvalue weighted by Crippen LogP contribution is -2.26. The van der Waals surface area contributed by atoms with Gasteiger partial charge in [-0.05, 0) is 44.4 Å². The Bertz CT molecular complexity index is 591. The fourth-order valence-electron chi connectivity index (χ4n) is 2.62. The number of carbonyl (C=O) groups is 1. The third-order valence-corrected chi connectivity index (χ3v) is 6.22. The maximum Gasteiger partial charge on any atom is 0.341 e. The maximum absolute atomic E-state index is 13.2. The molecule has 1 unspecified atom stereocenters. The van der Waals surface area contributed by atoms with Crippen LogP contribution < -0.4 is 9.47 Å². The van der Waals surface area contributed by atoms with Crippen molar-refractivity contribution in [3.8, 4) is 11.5 Å². The number of benzene rings is 1. The number of hydrogen-bond donors (Lipinski definition) is 0. The number of methoxy groups -OCH3 is 2. The van der Waals surface area contributed by atoms with Crippen molar-refractivity contribution in [3.05, 3.63) is 23.8 Å².